The van der Waals surface area contributed by atoms with Crippen molar-refractivity contribution in [2.24, 2.45) is 5.92 Å². The van der Waals surface area contributed by atoms with E-state index < -0.39 is 0 Å². The van der Waals surface area contributed by atoms with Crippen LogP contribution in [0.15, 0.2) is 52.6 Å². The van der Waals surface area contributed by atoms with Gasteiger partial charge in [0.2, 0.25) is 0 Å². The molecule has 0 N–H and O–H groups in total. The second-order valence-corrected chi connectivity index (χ2v) is 4.30. The second kappa shape index (κ2) is 6.82. The fourth-order valence-electron chi connectivity index (χ4n) is 1.89. The van der Waals surface area contributed by atoms with Gasteiger partial charge in [0, 0.05) is 16.8 Å². The first-order valence-corrected chi connectivity index (χ1v) is 5.57. The van der Waals surface area contributed by atoms with Crippen LogP contribution in [-0.2, 0) is 16.8 Å². The summed E-state index contributed by atoms with van der Waals surface area (Å²) in [5.74, 6) is 0.694. The Kier molecular flexibility index (Phi) is 6.54. The zero-order chi connectivity index (χ0) is 11.4. The van der Waals surface area contributed by atoms with Crippen molar-refractivity contribution in [1.29, 1.82) is 0 Å². The van der Waals surface area contributed by atoms with Gasteiger partial charge >= 0.3 is 0 Å². The molecule has 0 heterocycles. The summed E-state index contributed by atoms with van der Waals surface area (Å²) >= 11 is 0. The predicted molar refractivity (Wildman–Crippen MR) is 67.9 cm³/mol. The van der Waals surface area contributed by atoms with Crippen LogP contribution in [0.1, 0.15) is 34.6 Å². The third-order valence-electron chi connectivity index (χ3n) is 3.60. The average molecular weight is 260 g/mol. The Hall–Kier alpha value is -0.664. The van der Waals surface area contributed by atoms with Crippen molar-refractivity contribution in [2.75, 3.05) is 0 Å². The zero-order valence-electron chi connectivity index (χ0n) is 10.8. The molecular formula is C15H21Co-. The molecule has 0 saturated heterocycles. The Morgan fingerprint density at radius 1 is 0.875 bits per heavy atom. The van der Waals surface area contributed by atoms with E-state index in [9.17, 15) is 0 Å². The van der Waals surface area contributed by atoms with E-state index >= 15 is 0 Å². The molecule has 1 aliphatic rings. The van der Waals surface area contributed by atoms with Crippen molar-refractivity contribution in [3.05, 3.63) is 52.6 Å². The molecular weight excluding hydrogens is 239 g/mol. The normalized spacial score (nSPS) is 15.8. The summed E-state index contributed by atoms with van der Waals surface area (Å²) in [4.78, 5) is 0. The average Bonchev–Trinajstić information content (AvgIpc) is 2.86. The molecule has 0 unspecified atom stereocenters. The maximum absolute atomic E-state index is 2.28. The van der Waals surface area contributed by atoms with Gasteiger partial charge in [0.1, 0.15) is 0 Å². The Morgan fingerprint density at radius 3 is 1.38 bits per heavy atom. The molecule has 2 rings (SSSR count). The minimum absolute atomic E-state index is 0. The third kappa shape index (κ3) is 3.43. The first kappa shape index (κ1) is 15.3. The van der Waals surface area contributed by atoms with Gasteiger partial charge in [0.15, 0.2) is 0 Å². The van der Waals surface area contributed by atoms with Gasteiger partial charge in [0.25, 0.3) is 0 Å². The van der Waals surface area contributed by atoms with Crippen molar-refractivity contribution in [2.45, 2.75) is 34.6 Å². The molecule has 0 atom stereocenters. The summed E-state index contributed by atoms with van der Waals surface area (Å²) in [6, 6.07) is 10.0. The smallest absolute Gasteiger partial charge is 0 e. The molecule has 0 aromatic heterocycles. The van der Waals surface area contributed by atoms with E-state index in [4.69, 9.17) is 0 Å². The quantitative estimate of drug-likeness (QED) is 0.592. The van der Waals surface area contributed by atoms with Crippen LogP contribution in [0.3, 0.4) is 0 Å². The number of rotatable bonds is 0. The maximum atomic E-state index is 2.28. The standard InChI is InChI=1S/C10H16.C5H5.Co/c1-6-7(2)9(4)10(5)8(6)3;1-2-4-5-3-1;/h6H,1-5H3;1-5H;/q;-1;. The minimum atomic E-state index is 0. The van der Waals surface area contributed by atoms with Crippen molar-refractivity contribution in [1.82, 2.24) is 0 Å². The first-order chi connectivity index (χ1) is 7.05. The summed E-state index contributed by atoms with van der Waals surface area (Å²) in [6.07, 6.45) is 0. The minimum Gasteiger partial charge on any atom is -0.214 e. The summed E-state index contributed by atoms with van der Waals surface area (Å²) in [5.41, 5.74) is 6.11. The van der Waals surface area contributed by atoms with Gasteiger partial charge in [-0.3, -0.25) is 0 Å². The Bertz CT molecular complexity index is 325. The molecule has 0 aliphatic heterocycles. The van der Waals surface area contributed by atoms with Crippen LogP contribution in [0.2, 0.25) is 0 Å². The van der Waals surface area contributed by atoms with E-state index in [-0.39, 0.29) is 16.8 Å². The van der Waals surface area contributed by atoms with Crippen LogP contribution < -0.4 is 0 Å². The SMILES string of the molecule is CC1=C(C)C(C)C(C)=C1C.[Co].c1cc[cH-]c1. The van der Waals surface area contributed by atoms with Crippen LogP contribution in [-0.4, -0.2) is 0 Å². The molecule has 0 nitrogen and oxygen atoms in total. The van der Waals surface area contributed by atoms with Crippen LogP contribution in [0.4, 0.5) is 0 Å². The molecule has 91 valence electrons. The van der Waals surface area contributed by atoms with Crippen LogP contribution in [0.25, 0.3) is 0 Å². The molecule has 0 spiro atoms. The van der Waals surface area contributed by atoms with Gasteiger partial charge in [-0.05, 0) is 44.8 Å². The second-order valence-electron chi connectivity index (χ2n) is 4.30. The van der Waals surface area contributed by atoms with E-state index in [1.807, 2.05) is 30.3 Å². The Morgan fingerprint density at radius 2 is 1.25 bits per heavy atom. The van der Waals surface area contributed by atoms with Gasteiger partial charge in [-0.15, -0.1) is 0 Å². The monoisotopic (exact) mass is 260 g/mol. The topological polar surface area (TPSA) is 0 Å². The summed E-state index contributed by atoms with van der Waals surface area (Å²) in [5, 5.41) is 0. The summed E-state index contributed by atoms with van der Waals surface area (Å²) in [6.45, 7) is 11.2. The molecule has 1 aromatic carbocycles. The van der Waals surface area contributed by atoms with Gasteiger partial charge in [-0.1, -0.05) is 18.1 Å². The molecule has 1 aromatic rings. The molecule has 1 radical (unpaired) electrons. The van der Waals surface area contributed by atoms with E-state index in [1.165, 1.54) is 11.1 Å². The van der Waals surface area contributed by atoms with Gasteiger partial charge in [0.05, 0.1) is 0 Å². The number of hydrogen-bond acceptors (Lipinski definition) is 0. The van der Waals surface area contributed by atoms with E-state index in [0.717, 1.165) is 0 Å². The Labute approximate surface area is 110 Å². The van der Waals surface area contributed by atoms with E-state index in [2.05, 4.69) is 34.6 Å². The predicted octanol–water partition coefficient (Wildman–Crippen LogP) is 4.71. The van der Waals surface area contributed by atoms with Crippen LogP contribution >= 0.6 is 0 Å². The molecule has 16 heavy (non-hydrogen) atoms. The molecule has 0 bridgehead atoms. The molecule has 1 aliphatic carbocycles. The van der Waals surface area contributed by atoms with Crippen molar-refractivity contribution in [3.63, 3.8) is 0 Å². The van der Waals surface area contributed by atoms with Gasteiger partial charge < -0.3 is 0 Å². The fourth-order valence-corrected chi connectivity index (χ4v) is 1.89. The molecule has 0 amide bonds. The van der Waals surface area contributed by atoms with Crippen LogP contribution in [0, 0.1) is 5.92 Å². The van der Waals surface area contributed by atoms with Crippen molar-refractivity contribution >= 4 is 0 Å². The van der Waals surface area contributed by atoms with E-state index in [1.54, 1.807) is 11.1 Å². The summed E-state index contributed by atoms with van der Waals surface area (Å²) in [7, 11) is 0. The van der Waals surface area contributed by atoms with E-state index in [0.29, 0.717) is 5.92 Å². The van der Waals surface area contributed by atoms with Gasteiger partial charge in [-0.2, -0.15) is 18.2 Å². The first-order valence-electron chi connectivity index (χ1n) is 5.57. The number of hydrogen-bond donors (Lipinski definition) is 0. The zero-order valence-corrected chi connectivity index (χ0v) is 11.8. The van der Waals surface area contributed by atoms with Crippen molar-refractivity contribution < 1.29 is 16.8 Å². The maximum Gasteiger partial charge on any atom is 0 e. The van der Waals surface area contributed by atoms with Crippen molar-refractivity contribution in [3.8, 4) is 0 Å². The fraction of sp³-hybridized carbons (Fsp3) is 0.400. The number of allylic oxidation sites excluding steroid dienone is 4. The van der Waals surface area contributed by atoms with Gasteiger partial charge in [-0.25, -0.2) is 12.1 Å². The molecule has 1 heteroatoms. The summed E-state index contributed by atoms with van der Waals surface area (Å²) < 4.78 is 0. The molecule has 0 fully saturated rings. The largest absolute Gasteiger partial charge is 0.214 e. The third-order valence-corrected chi connectivity index (χ3v) is 3.60. The van der Waals surface area contributed by atoms with Crippen LogP contribution in [0.5, 0.6) is 0 Å². The Balaban J connectivity index is 0.000000318. The molecule has 0 saturated carbocycles.